The Hall–Kier alpha value is -1.44. The van der Waals surface area contributed by atoms with E-state index < -0.39 is 11.6 Å². The van der Waals surface area contributed by atoms with Gasteiger partial charge in [0.25, 0.3) is 0 Å². The second kappa shape index (κ2) is 7.21. The molecule has 2 aromatic carbocycles. The number of halogens is 2. The Morgan fingerprint density at radius 3 is 2.42 bits per heavy atom. The zero-order valence-corrected chi connectivity index (χ0v) is 15.1. The third kappa shape index (κ3) is 3.48. The maximum absolute atomic E-state index is 14.4. The summed E-state index contributed by atoms with van der Waals surface area (Å²) >= 11 is 0. The van der Waals surface area contributed by atoms with Gasteiger partial charge in [-0.15, -0.1) is 0 Å². The number of aryl methyl sites for hydroxylation is 3. The SMILES string of the molecule is Cc1cc2ccc(CCCC3CCC(C)CC3)c(C)c2c(F)c1F. The third-order valence-electron chi connectivity index (χ3n) is 5.93. The quantitative estimate of drug-likeness (QED) is 0.573. The molecule has 2 aromatic rings. The Morgan fingerprint density at radius 2 is 1.71 bits per heavy atom. The minimum atomic E-state index is -0.709. The van der Waals surface area contributed by atoms with Crippen LogP contribution < -0.4 is 0 Å². The first kappa shape index (κ1) is 17.4. The van der Waals surface area contributed by atoms with Crippen LogP contribution in [0.2, 0.25) is 0 Å². The van der Waals surface area contributed by atoms with Gasteiger partial charge >= 0.3 is 0 Å². The van der Waals surface area contributed by atoms with Gasteiger partial charge in [0.2, 0.25) is 0 Å². The smallest absolute Gasteiger partial charge is 0.167 e. The number of benzene rings is 2. The summed E-state index contributed by atoms with van der Waals surface area (Å²) in [6.07, 6.45) is 8.81. The third-order valence-corrected chi connectivity index (χ3v) is 5.93. The van der Waals surface area contributed by atoms with Crippen LogP contribution in [-0.2, 0) is 6.42 Å². The summed E-state index contributed by atoms with van der Waals surface area (Å²) < 4.78 is 28.3. The molecule has 0 saturated heterocycles. The first-order valence-corrected chi connectivity index (χ1v) is 9.34. The van der Waals surface area contributed by atoms with Gasteiger partial charge in [0, 0.05) is 5.39 Å². The summed E-state index contributed by atoms with van der Waals surface area (Å²) in [4.78, 5) is 0. The molecule has 0 bridgehead atoms. The van der Waals surface area contributed by atoms with Crippen LogP contribution in [0, 0.1) is 37.3 Å². The average Bonchev–Trinajstić information content (AvgIpc) is 2.56. The maximum Gasteiger partial charge on any atom is 0.167 e. The van der Waals surface area contributed by atoms with Crippen molar-refractivity contribution in [3.8, 4) is 0 Å². The second-order valence-electron chi connectivity index (χ2n) is 7.79. The number of fused-ring (bicyclic) bond motifs is 1. The van der Waals surface area contributed by atoms with Crippen LogP contribution in [0.1, 0.15) is 62.1 Å². The van der Waals surface area contributed by atoms with E-state index >= 15 is 0 Å². The molecule has 0 aromatic heterocycles. The molecular formula is C22H28F2. The molecule has 0 spiro atoms. The average molecular weight is 330 g/mol. The highest BCUT2D eigenvalue weighted by atomic mass is 19.2. The van der Waals surface area contributed by atoms with Crippen molar-refractivity contribution in [2.75, 3.05) is 0 Å². The molecule has 24 heavy (non-hydrogen) atoms. The maximum atomic E-state index is 14.4. The van der Waals surface area contributed by atoms with Crippen molar-refractivity contribution < 1.29 is 8.78 Å². The van der Waals surface area contributed by atoms with Gasteiger partial charge in [-0.3, -0.25) is 0 Å². The van der Waals surface area contributed by atoms with Crippen molar-refractivity contribution in [3.63, 3.8) is 0 Å². The van der Waals surface area contributed by atoms with Gasteiger partial charge in [-0.25, -0.2) is 8.78 Å². The van der Waals surface area contributed by atoms with Crippen LogP contribution in [0.5, 0.6) is 0 Å². The highest BCUT2D eigenvalue weighted by Gasteiger charge is 2.18. The molecule has 2 heteroatoms. The van der Waals surface area contributed by atoms with Gasteiger partial charge in [0.05, 0.1) is 0 Å². The highest BCUT2D eigenvalue weighted by Crippen LogP contribution is 2.33. The minimum absolute atomic E-state index is 0.374. The highest BCUT2D eigenvalue weighted by molar-refractivity contribution is 5.88. The first-order valence-electron chi connectivity index (χ1n) is 9.34. The van der Waals surface area contributed by atoms with E-state index in [2.05, 4.69) is 13.0 Å². The van der Waals surface area contributed by atoms with Crippen LogP contribution in [0.4, 0.5) is 8.78 Å². The molecule has 0 aliphatic heterocycles. The molecule has 130 valence electrons. The van der Waals surface area contributed by atoms with Crippen molar-refractivity contribution in [1.82, 2.24) is 0 Å². The molecule has 0 N–H and O–H groups in total. The summed E-state index contributed by atoms with van der Waals surface area (Å²) in [7, 11) is 0. The molecule has 0 unspecified atom stereocenters. The molecule has 3 rings (SSSR count). The summed E-state index contributed by atoms with van der Waals surface area (Å²) in [6.45, 7) is 5.90. The molecule has 0 radical (unpaired) electrons. The van der Waals surface area contributed by atoms with Crippen molar-refractivity contribution >= 4 is 10.8 Å². The summed E-state index contributed by atoms with van der Waals surface area (Å²) in [6, 6.07) is 5.78. The zero-order valence-electron chi connectivity index (χ0n) is 15.1. The Labute approximate surface area is 144 Å². The topological polar surface area (TPSA) is 0 Å². The summed E-state index contributed by atoms with van der Waals surface area (Å²) in [5.41, 5.74) is 2.44. The van der Waals surface area contributed by atoms with Crippen LogP contribution in [0.25, 0.3) is 10.8 Å². The van der Waals surface area contributed by atoms with E-state index in [9.17, 15) is 8.78 Å². The molecule has 0 heterocycles. The lowest BCUT2D eigenvalue weighted by molar-refractivity contribution is 0.273. The van der Waals surface area contributed by atoms with Gasteiger partial charge in [-0.05, 0) is 66.7 Å². The Kier molecular flexibility index (Phi) is 5.22. The number of rotatable bonds is 4. The Morgan fingerprint density at radius 1 is 1.00 bits per heavy atom. The van der Waals surface area contributed by atoms with Crippen molar-refractivity contribution in [2.45, 2.75) is 65.7 Å². The Bertz CT molecular complexity index is 725. The molecule has 1 fully saturated rings. The van der Waals surface area contributed by atoms with Gasteiger partial charge in [-0.1, -0.05) is 51.2 Å². The number of hydrogen-bond donors (Lipinski definition) is 0. The lowest BCUT2D eigenvalue weighted by atomic mass is 9.80. The fraction of sp³-hybridized carbons (Fsp3) is 0.545. The fourth-order valence-electron chi connectivity index (χ4n) is 4.24. The van der Waals surface area contributed by atoms with E-state index in [1.807, 2.05) is 13.0 Å². The second-order valence-corrected chi connectivity index (χ2v) is 7.79. The predicted octanol–water partition coefficient (Wildman–Crippen LogP) is 6.88. The molecular weight excluding hydrogens is 302 g/mol. The standard InChI is InChI=1S/C22H28F2/c1-14-7-9-17(10-8-14)5-4-6-18-11-12-19-13-15(2)21(23)22(24)20(19)16(18)3/h11-14,17H,4-10H2,1-3H3. The van der Waals surface area contributed by atoms with Gasteiger partial charge in [0.15, 0.2) is 11.6 Å². The molecule has 0 nitrogen and oxygen atoms in total. The van der Waals surface area contributed by atoms with Crippen LogP contribution >= 0.6 is 0 Å². The normalized spacial score (nSPS) is 21.4. The van der Waals surface area contributed by atoms with E-state index in [1.54, 1.807) is 13.0 Å². The van der Waals surface area contributed by atoms with E-state index in [0.717, 1.165) is 41.2 Å². The molecule has 1 aliphatic rings. The summed E-state index contributed by atoms with van der Waals surface area (Å²) in [5.74, 6) is 0.355. The molecule has 0 amide bonds. The zero-order chi connectivity index (χ0) is 17.3. The minimum Gasteiger partial charge on any atom is -0.203 e. The van der Waals surface area contributed by atoms with E-state index in [0.29, 0.717) is 10.9 Å². The molecule has 1 saturated carbocycles. The van der Waals surface area contributed by atoms with Crippen LogP contribution in [0.15, 0.2) is 18.2 Å². The largest absolute Gasteiger partial charge is 0.203 e. The van der Waals surface area contributed by atoms with E-state index in [1.165, 1.54) is 32.1 Å². The van der Waals surface area contributed by atoms with Crippen LogP contribution in [0.3, 0.4) is 0 Å². The number of hydrogen-bond acceptors (Lipinski definition) is 0. The summed E-state index contributed by atoms with van der Waals surface area (Å²) in [5, 5.41) is 1.26. The monoisotopic (exact) mass is 330 g/mol. The lowest BCUT2D eigenvalue weighted by Gasteiger charge is -2.26. The van der Waals surface area contributed by atoms with Crippen LogP contribution in [-0.4, -0.2) is 0 Å². The van der Waals surface area contributed by atoms with Gasteiger partial charge in [-0.2, -0.15) is 0 Å². The predicted molar refractivity (Wildman–Crippen MR) is 97.4 cm³/mol. The first-order chi connectivity index (χ1) is 11.5. The van der Waals surface area contributed by atoms with Gasteiger partial charge in [0.1, 0.15) is 0 Å². The van der Waals surface area contributed by atoms with Crippen molar-refractivity contribution in [1.29, 1.82) is 0 Å². The Balaban J connectivity index is 1.72. The molecule has 0 atom stereocenters. The lowest BCUT2D eigenvalue weighted by Crippen LogP contribution is -2.12. The van der Waals surface area contributed by atoms with Crippen molar-refractivity contribution in [3.05, 3.63) is 46.5 Å². The van der Waals surface area contributed by atoms with Gasteiger partial charge < -0.3 is 0 Å². The van der Waals surface area contributed by atoms with E-state index in [-0.39, 0.29) is 0 Å². The fourth-order valence-corrected chi connectivity index (χ4v) is 4.24. The van der Waals surface area contributed by atoms with E-state index in [4.69, 9.17) is 0 Å². The van der Waals surface area contributed by atoms with Crippen molar-refractivity contribution in [2.24, 2.45) is 11.8 Å². The molecule has 1 aliphatic carbocycles.